The lowest BCUT2D eigenvalue weighted by atomic mass is 9.87. The first-order chi connectivity index (χ1) is 20.4. The molecule has 0 radical (unpaired) electrons. The van der Waals surface area contributed by atoms with Crippen LogP contribution in [-0.4, -0.2) is 58.1 Å². The highest BCUT2D eigenvalue weighted by Crippen LogP contribution is 2.35. The van der Waals surface area contributed by atoms with Crippen molar-refractivity contribution < 1.29 is 28.7 Å². The van der Waals surface area contributed by atoms with Crippen molar-refractivity contribution in [1.82, 2.24) is 15.5 Å². The highest BCUT2D eigenvalue weighted by Gasteiger charge is 2.42. The second kappa shape index (κ2) is 14.3. The first-order valence-corrected chi connectivity index (χ1v) is 15.4. The second-order valence-electron chi connectivity index (χ2n) is 13.7. The van der Waals surface area contributed by atoms with Crippen molar-refractivity contribution in [3.8, 4) is 0 Å². The molecule has 9 nitrogen and oxygen atoms in total. The van der Waals surface area contributed by atoms with Gasteiger partial charge in [0.25, 0.3) is 0 Å². The maximum Gasteiger partial charge on any atom is 0.408 e. The van der Waals surface area contributed by atoms with E-state index >= 15 is 0 Å². The highest BCUT2D eigenvalue weighted by molar-refractivity contribution is 5.94. The molecule has 2 aromatic carbocycles. The zero-order valence-corrected chi connectivity index (χ0v) is 27.7. The Hall–Kier alpha value is -3.88. The number of ether oxygens (including phenoxy) is 2. The number of hydrogen-bond acceptors (Lipinski definition) is 6. The van der Waals surface area contributed by atoms with E-state index in [0.717, 1.165) is 36.0 Å². The number of aryl methyl sites for hydroxylation is 2. The molecule has 0 bridgehead atoms. The third kappa shape index (κ3) is 9.82. The summed E-state index contributed by atoms with van der Waals surface area (Å²) in [6.45, 7) is 16.0. The Morgan fingerprint density at radius 1 is 0.886 bits per heavy atom. The molecule has 0 aromatic heterocycles. The average molecular weight is 608 g/mol. The summed E-state index contributed by atoms with van der Waals surface area (Å²) >= 11 is 0. The van der Waals surface area contributed by atoms with Crippen molar-refractivity contribution in [1.29, 1.82) is 0 Å². The summed E-state index contributed by atoms with van der Waals surface area (Å²) < 4.78 is 11.1. The molecule has 0 heterocycles. The van der Waals surface area contributed by atoms with Crippen molar-refractivity contribution >= 4 is 23.9 Å². The molecule has 240 valence electrons. The first-order valence-electron chi connectivity index (χ1n) is 15.4. The van der Waals surface area contributed by atoms with Gasteiger partial charge >= 0.3 is 12.1 Å². The smallest absolute Gasteiger partial charge is 0.408 e. The topological polar surface area (TPSA) is 114 Å². The number of nitrogens with one attached hydrogen (secondary N) is 2. The Morgan fingerprint density at radius 2 is 1.50 bits per heavy atom. The first kappa shape index (κ1) is 34.6. The fourth-order valence-electron chi connectivity index (χ4n) is 5.09. The molecule has 2 aromatic rings. The van der Waals surface area contributed by atoms with Crippen molar-refractivity contribution in [3.05, 3.63) is 70.8 Å². The minimum absolute atomic E-state index is 0.213. The molecule has 3 unspecified atom stereocenters. The molecule has 0 spiro atoms. The standard InChI is InChI=1S/C35H49N3O6/c1-22-18-19-23(2)27(20-22)29(38(26-16-13-17-26)31(40)24(3)36-33(42)44-35(7,8)9)30(39)37-28(32(41)43-34(4,5)6)21-25-14-11-10-12-15-25/h10-12,14-15,18-20,24,26,28-29H,13,16-17,21H2,1-9H3,(H,36,42)(H,37,39). The van der Waals surface area contributed by atoms with Crippen molar-refractivity contribution in [2.45, 2.75) is 123 Å². The molecule has 44 heavy (non-hydrogen) atoms. The monoisotopic (exact) mass is 607 g/mol. The number of alkyl carbamates (subject to hydrolysis) is 1. The lowest BCUT2D eigenvalue weighted by Crippen LogP contribution is -2.58. The summed E-state index contributed by atoms with van der Waals surface area (Å²) in [5.41, 5.74) is 1.77. The summed E-state index contributed by atoms with van der Waals surface area (Å²) in [4.78, 5) is 56.3. The maximum absolute atomic E-state index is 14.5. The van der Waals surface area contributed by atoms with E-state index in [1.165, 1.54) is 0 Å². The van der Waals surface area contributed by atoms with Gasteiger partial charge in [0.1, 0.15) is 29.3 Å². The van der Waals surface area contributed by atoms with Crippen LogP contribution < -0.4 is 10.6 Å². The summed E-state index contributed by atoms with van der Waals surface area (Å²) in [6, 6.07) is 12.0. The molecule has 1 fully saturated rings. The van der Waals surface area contributed by atoms with Crippen LogP contribution in [0.25, 0.3) is 0 Å². The zero-order valence-electron chi connectivity index (χ0n) is 27.7. The summed E-state index contributed by atoms with van der Waals surface area (Å²) in [5.74, 6) is -1.45. The van der Waals surface area contributed by atoms with Crippen molar-refractivity contribution in [2.75, 3.05) is 0 Å². The summed E-state index contributed by atoms with van der Waals surface area (Å²) in [6.07, 6.45) is 1.86. The molecule has 0 aliphatic heterocycles. The largest absolute Gasteiger partial charge is 0.458 e. The number of carbonyl (C=O) groups is 4. The van der Waals surface area contributed by atoms with E-state index in [9.17, 15) is 19.2 Å². The highest BCUT2D eigenvalue weighted by atomic mass is 16.6. The Bertz CT molecular complexity index is 1320. The quantitative estimate of drug-likeness (QED) is 0.335. The predicted octanol–water partition coefficient (Wildman–Crippen LogP) is 5.71. The minimum Gasteiger partial charge on any atom is -0.458 e. The fraction of sp³-hybridized carbons (Fsp3) is 0.543. The normalized spacial score (nSPS) is 15.7. The van der Waals surface area contributed by atoms with Crippen LogP contribution in [0.2, 0.25) is 0 Å². The van der Waals surface area contributed by atoms with Gasteiger partial charge in [0.2, 0.25) is 11.8 Å². The van der Waals surface area contributed by atoms with Crippen LogP contribution in [0.1, 0.15) is 96.0 Å². The number of benzene rings is 2. The van der Waals surface area contributed by atoms with Crippen LogP contribution >= 0.6 is 0 Å². The Balaban J connectivity index is 2.03. The van der Waals surface area contributed by atoms with Gasteiger partial charge in [-0.3, -0.25) is 9.59 Å². The van der Waals surface area contributed by atoms with E-state index in [4.69, 9.17) is 9.47 Å². The molecule has 3 atom stereocenters. The molecule has 3 amide bonds. The van der Waals surface area contributed by atoms with Crippen molar-refractivity contribution in [3.63, 3.8) is 0 Å². The van der Waals surface area contributed by atoms with Gasteiger partial charge in [-0.2, -0.15) is 0 Å². The van der Waals surface area contributed by atoms with Crippen LogP contribution in [-0.2, 0) is 30.3 Å². The Morgan fingerprint density at radius 3 is 2.05 bits per heavy atom. The fourth-order valence-corrected chi connectivity index (χ4v) is 5.09. The molecule has 1 aliphatic rings. The van der Waals surface area contributed by atoms with E-state index in [1.54, 1.807) is 53.4 Å². The van der Waals surface area contributed by atoms with Gasteiger partial charge in [-0.25, -0.2) is 9.59 Å². The molecule has 9 heteroatoms. The Labute approximate surface area is 262 Å². The number of rotatable bonds is 10. The lowest BCUT2D eigenvalue weighted by molar-refractivity contribution is -0.159. The SMILES string of the molecule is Cc1ccc(C)c(C(C(=O)NC(Cc2ccccc2)C(=O)OC(C)(C)C)N(C(=O)C(C)NC(=O)OC(C)(C)C)C2CCC2)c1. The van der Waals surface area contributed by atoms with E-state index in [0.29, 0.717) is 5.56 Å². The summed E-state index contributed by atoms with van der Waals surface area (Å²) in [5, 5.41) is 5.61. The van der Waals surface area contributed by atoms with E-state index in [1.807, 2.05) is 62.4 Å². The van der Waals surface area contributed by atoms with Crippen LogP contribution in [0, 0.1) is 13.8 Å². The van der Waals surface area contributed by atoms with Gasteiger partial charge in [0.05, 0.1) is 0 Å². The van der Waals surface area contributed by atoms with Gasteiger partial charge in [-0.1, -0.05) is 54.1 Å². The van der Waals surface area contributed by atoms with Gasteiger partial charge in [0, 0.05) is 12.5 Å². The van der Waals surface area contributed by atoms with Crippen LogP contribution in [0.4, 0.5) is 4.79 Å². The third-order valence-corrected chi connectivity index (χ3v) is 7.37. The van der Waals surface area contributed by atoms with E-state index in [2.05, 4.69) is 10.6 Å². The van der Waals surface area contributed by atoms with Crippen molar-refractivity contribution in [2.24, 2.45) is 0 Å². The van der Waals surface area contributed by atoms with Crippen LogP contribution in [0.3, 0.4) is 0 Å². The van der Waals surface area contributed by atoms with Gasteiger partial charge in [0.15, 0.2) is 0 Å². The predicted molar refractivity (Wildman–Crippen MR) is 170 cm³/mol. The van der Waals surface area contributed by atoms with Gasteiger partial charge in [-0.15, -0.1) is 0 Å². The van der Waals surface area contributed by atoms with E-state index in [-0.39, 0.29) is 12.5 Å². The molecular weight excluding hydrogens is 558 g/mol. The van der Waals surface area contributed by atoms with Crippen LogP contribution in [0.5, 0.6) is 0 Å². The molecular formula is C35H49N3O6. The molecule has 3 rings (SSSR count). The van der Waals surface area contributed by atoms with Crippen LogP contribution in [0.15, 0.2) is 48.5 Å². The average Bonchev–Trinajstić information content (AvgIpc) is 2.86. The molecule has 2 N–H and O–H groups in total. The zero-order chi connectivity index (χ0) is 32.8. The van der Waals surface area contributed by atoms with E-state index < -0.39 is 53.2 Å². The molecule has 1 saturated carbocycles. The number of esters is 1. The molecule has 0 saturated heterocycles. The summed E-state index contributed by atoms with van der Waals surface area (Å²) in [7, 11) is 0. The van der Waals surface area contributed by atoms with Gasteiger partial charge in [-0.05, 0) is 98.3 Å². The second-order valence-corrected chi connectivity index (χ2v) is 13.7. The van der Waals surface area contributed by atoms with Gasteiger partial charge < -0.3 is 25.0 Å². The Kier molecular flexibility index (Phi) is 11.2. The number of hydrogen-bond donors (Lipinski definition) is 2. The lowest BCUT2D eigenvalue weighted by Gasteiger charge is -2.44. The minimum atomic E-state index is -1.05. The number of carbonyl (C=O) groups excluding carboxylic acids is 4. The number of amides is 3. The maximum atomic E-state index is 14.5. The molecule has 1 aliphatic carbocycles. The number of nitrogens with zero attached hydrogens (tertiary/aromatic N) is 1. The third-order valence-electron chi connectivity index (χ3n) is 7.37.